The lowest BCUT2D eigenvalue weighted by atomic mass is 10.1. The first-order chi connectivity index (χ1) is 14.9. The molecule has 31 heavy (non-hydrogen) atoms. The molecule has 2 heterocycles. The van der Waals surface area contributed by atoms with E-state index in [9.17, 15) is 4.79 Å². The molecule has 4 rings (SSSR count). The van der Waals surface area contributed by atoms with E-state index in [1.807, 2.05) is 28.9 Å². The Labute approximate surface area is 195 Å². The van der Waals surface area contributed by atoms with Crippen LogP contribution in [0.15, 0.2) is 36.4 Å². The summed E-state index contributed by atoms with van der Waals surface area (Å²) in [6.07, 6.45) is 2.40. The van der Waals surface area contributed by atoms with Crippen LogP contribution in [0, 0.1) is 0 Å². The second-order valence-corrected chi connectivity index (χ2v) is 8.58. The first-order valence-electron chi connectivity index (χ1n) is 10.0. The Morgan fingerprint density at radius 1 is 1.06 bits per heavy atom. The Hall–Kier alpha value is -2.28. The fourth-order valence-electron chi connectivity index (χ4n) is 3.50. The molecule has 0 saturated heterocycles. The number of aromatic nitrogens is 3. The van der Waals surface area contributed by atoms with Crippen LogP contribution in [-0.4, -0.2) is 27.3 Å². The van der Waals surface area contributed by atoms with E-state index in [2.05, 4.69) is 12.0 Å². The van der Waals surface area contributed by atoms with Gasteiger partial charge in [-0.3, -0.25) is 9.69 Å². The van der Waals surface area contributed by atoms with Crippen molar-refractivity contribution < 1.29 is 9.53 Å². The van der Waals surface area contributed by atoms with E-state index < -0.39 is 0 Å². The van der Waals surface area contributed by atoms with Gasteiger partial charge in [-0.2, -0.15) is 5.10 Å². The average molecular weight is 480 g/mol. The minimum Gasteiger partial charge on any atom is -0.480 e. The SMILES string of the molecule is CCCn1nc(CCc2ccc(Cl)cc2)nc1CN1C(=O)COc2c(Cl)cc(Cl)cc21. The van der Waals surface area contributed by atoms with Crippen molar-refractivity contribution in [2.75, 3.05) is 11.5 Å². The van der Waals surface area contributed by atoms with Gasteiger partial charge in [-0.15, -0.1) is 0 Å². The Kier molecular flexibility index (Phi) is 6.70. The maximum atomic E-state index is 12.6. The Morgan fingerprint density at radius 2 is 1.84 bits per heavy atom. The lowest BCUT2D eigenvalue weighted by Crippen LogP contribution is -2.39. The molecule has 0 bridgehead atoms. The molecule has 1 amide bonds. The summed E-state index contributed by atoms with van der Waals surface area (Å²) in [7, 11) is 0. The molecular weight excluding hydrogens is 459 g/mol. The first-order valence-corrected chi connectivity index (χ1v) is 11.2. The Balaban J connectivity index is 1.58. The van der Waals surface area contributed by atoms with Crippen LogP contribution in [0.3, 0.4) is 0 Å². The number of amides is 1. The average Bonchev–Trinajstić information content (AvgIpc) is 3.11. The number of aryl methyl sites for hydroxylation is 3. The quantitative estimate of drug-likeness (QED) is 0.458. The number of carbonyl (C=O) groups excluding carboxylic acids is 1. The standard InChI is InChI=1S/C22H21Cl3N4O2/c1-2-9-29-20(26-19(27-29)8-5-14-3-6-15(23)7-4-14)12-28-18-11-16(24)10-17(25)22(18)31-13-21(28)30/h3-4,6-7,10-11H,2,5,8-9,12-13H2,1H3. The van der Waals surface area contributed by atoms with E-state index in [0.29, 0.717) is 45.3 Å². The van der Waals surface area contributed by atoms with Gasteiger partial charge in [0.05, 0.1) is 17.3 Å². The van der Waals surface area contributed by atoms with Crippen LogP contribution < -0.4 is 9.64 Å². The number of benzene rings is 2. The van der Waals surface area contributed by atoms with Gasteiger partial charge in [0.25, 0.3) is 5.91 Å². The molecule has 0 aliphatic carbocycles. The number of halogens is 3. The predicted octanol–water partition coefficient (Wildman–Crippen LogP) is 5.36. The van der Waals surface area contributed by atoms with Gasteiger partial charge in [-0.05, 0) is 42.7 Å². The highest BCUT2D eigenvalue weighted by atomic mass is 35.5. The summed E-state index contributed by atoms with van der Waals surface area (Å²) in [5, 5.41) is 6.20. The van der Waals surface area contributed by atoms with Crippen molar-refractivity contribution in [1.82, 2.24) is 14.8 Å². The fraction of sp³-hybridized carbons (Fsp3) is 0.318. The number of ether oxygens (including phenoxy) is 1. The first kappa shape index (κ1) is 21.9. The predicted molar refractivity (Wildman–Crippen MR) is 122 cm³/mol. The monoisotopic (exact) mass is 478 g/mol. The van der Waals surface area contributed by atoms with Crippen molar-refractivity contribution in [3.8, 4) is 5.75 Å². The molecule has 1 aliphatic heterocycles. The normalized spacial score (nSPS) is 13.3. The van der Waals surface area contributed by atoms with Gasteiger partial charge in [0.2, 0.25) is 0 Å². The van der Waals surface area contributed by atoms with Gasteiger partial charge in [-0.25, -0.2) is 9.67 Å². The molecule has 0 fully saturated rings. The molecule has 0 saturated carbocycles. The topological polar surface area (TPSA) is 60.2 Å². The highest BCUT2D eigenvalue weighted by Gasteiger charge is 2.29. The Morgan fingerprint density at radius 3 is 2.58 bits per heavy atom. The van der Waals surface area contributed by atoms with Crippen molar-refractivity contribution in [2.24, 2.45) is 0 Å². The fourth-order valence-corrected chi connectivity index (χ4v) is 4.16. The molecule has 3 aromatic rings. The second kappa shape index (κ2) is 9.47. The van der Waals surface area contributed by atoms with Gasteiger partial charge in [0.15, 0.2) is 18.2 Å². The molecular formula is C22H21Cl3N4O2. The largest absolute Gasteiger partial charge is 0.480 e. The zero-order valence-electron chi connectivity index (χ0n) is 16.9. The summed E-state index contributed by atoms with van der Waals surface area (Å²) < 4.78 is 7.40. The van der Waals surface area contributed by atoms with Crippen molar-refractivity contribution in [3.63, 3.8) is 0 Å². The van der Waals surface area contributed by atoms with Crippen molar-refractivity contribution in [2.45, 2.75) is 39.3 Å². The Bertz CT molecular complexity index is 1100. The van der Waals surface area contributed by atoms with Crippen LogP contribution in [-0.2, 0) is 30.7 Å². The third kappa shape index (κ3) is 4.97. The molecule has 2 aromatic carbocycles. The number of nitrogens with zero attached hydrogens (tertiary/aromatic N) is 4. The van der Waals surface area contributed by atoms with E-state index in [0.717, 1.165) is 18.7 Å². The van der Waals surface area contributed by atoms with Crippen molar-refractivity contribution >= 4 is 46.4 Å². The lowest BCUT2D eigenvalue weighted by molar-refractivity contribution is -0.121. The molecule has 0 N–H and O–H groups in total. The number of hydrogen-bond donors (Lipinski definition) is 0. The number of rotatable bonds is 7. The van der Waals surface area contributed by atoms with Crippen molar-refractivity contribution in [3.05, 3.63) is 68.7 Å². The van der Waals surface area contributed by atoms with Gasteiger partial charge in [-0.1, -0.05) is 53.9 Å². The highest BCUT2D eigenvalue weighted by molar-refractivity contribution is 6.36. The molecule has 0 unspecified atom stereocenters. The summed E-state index contributed by atoms with van der Waals surface area (Å²) in [5.41, 5.74) is 1.71. The van der Waals surface area contributed by atoms with Crippen LogP contribution >= 0.6 is 34.8 Å². The van der Waals surface area contributed by atoms with Crippen LogP contribution in [0.25, 0.3) is 0 Å². The number of carbonyl (C=O) groups is 1. The van der Waals surface area contributed by atoms with E-state index in [1.165, 1.54) is 5.56 Å². The molecule has 162 valence electrons. The summed E-state index contributed by atoms with van der Waals surface area (Å²) in [4.78, 5) is 19.0. The smallest absolute Gasteiger partial charge is 0.265 e. The third-order valence-electron chi connectivity index (χ3n) is 5.00. The van der Waals surface area contributed by atoms with E-state index in [-0.39, 0.29) is 19.1 Å². The minimum absolute atomic E-state index is 0.0836. The van der Waals surface area contributed by atoms with Crippen LogP contribution in [0.2, 0.25) is 15.1 Å². The molecule has 6 nitrogen and oxygen atoms in total. The number of anilines is 1. The van der Waals surface area contributed by atoms with Crippen molar-refractivity contribution in [1.29, 1.82) is 0 Å². The molecule has 0 radical (unpaired) electrons. The minimum atomic E-state index is -0.181. The maximum absolute atomic E-state index is 12.6. The number of fused-ring (bicyclic) bond motifs is 1. The van der Waals surface area contributed by atoms with Gasteiger partial charge in [0.1, 0.15) is 5.82 Å². The van der Waals surface area contributed by atoms with Crippen LogP contribution in [0.4, 0.5) is 5.69 Å². The summed E-state index contributed by atoms with van der Waals surface area (Å²) in [6, 6.07) is 11.0. The molecule has 0 spiro atoms. The van der Waals surface area contributed by atoms with Gasteiger partial charge < -0.3 is 4.74 Å². The van der Waals surface area contributed by atoms with Gasteiger partial charge >= 0.3 is 0 Å². The van der Waals surface area contributed by atoms with E-state index in [4.69, 9.17) is 44.5 Å². The van der Waals surface area contributed by atoms with E-state index in [1.54, 1.807) is 17.0 Å². The van der Waals surface area contributed by atoms with Crippen LogP contribution in [0.1, 0.15) is 30.6 Å². The molecule has 9 heteroatoms. The third-order valence-corrected chi connectivity index (χ3v) is 5.75. The number of hydrogen-bond acceptors (Lipinski definition) is 4. The maximum Gasteiger partial charge on any atom is 0.265 e. The summed E-state index contributed by atoms with van der Waals surface area (Å²) >= 11 is 18.4. The molecule has 1 aliphatic rings. The molecule has 0 atom stereocenters. The zero-order valence-corrected chi connectivity index (χ0v) is 19.2. The lowest BCUT2D eigenvalue weighted by Gasteiger charge is -2.29. The summed E-state index contributed by atoms with van der Waals surface area (Å²) in [6.45, 7) is 2.97. The second-order valence-electron chi connectivity index (χ2n) is 7.30. The zero-order chi connectivity index (χ0) is 22.0. The molecule has 1 aromatic heterocycles. The summed E-state index contributed by atoms with van der Waals surface area (Å²) in [5.74, 6) is 1.73. The van der Waals surface area contributed by atoms with Gasteiger partial charge in [0, 0.05) is 23.0 Å². The highest BCUT2D eigenvalue weighted by Crippen LogP contribution is 2.41. The van der Waals surface area contributed by atoms with Crippen LogP contribution in [0.5, 0.6) is 5.75 Å². The van der Waals surface area contributed by atoms with E-state index >= 15 is 0 Å².